The Morgan fingerprint density at radius 1 is 1.07 bits per heavy atom. The van der Waals surface area contributed by atoms with Crippen molar-refractivity contribution in [2.24, 2.45) is 5.92 Å². The number of nitrogens with zero attached hydrogens (tertiary/aromatic N) is 3. The molecule has 1 aliphatic rings. The molecule has 0 radical (unpaired) electrons. The summed E-state index contributed by atoms with van der Waals surface area (Å²) in [6.07, 6.45) is 4.38. The van der Waals surface area contributed by atoms with Gasteiger partial charge in [0.25, 0.3) is 5.91 Å². The Bertz CT molecular complexity index is 870. The topological polar surface area (TPSA) is 82.1 Å². The number of aliphatic hydroxyl groups excluding tert-OH is 1. The highest BCUT2D eigenvalue weighted by molar-refractivity contribution is 5.94. The number of hydrogen-bond acceptors (Lipinski definition) is 4. The number of H-pyrrole nitrogens is 1. The minimum Gasteiger partial charge on any atom is -0.387 e. The summed E-state index contributed by atoms with van der Waals surface area (Å²) >= 11 is 0. The second kappa shape index (κ2) is 7.72. The zero-order chi connectivity index (χ0) is 18.6. The summed E-state index contributed by atoms with van der Waals surface area (Å²) in [5.41, 5.74) is 3.32. The Morgan fingerprint density at radius 2 is 1.85 bits per heavy atom. The number of pyridine rings is 1. The number of piperidine rings is 1. The van der Waals surface area contributed by atoms with Gasteiger partial charge in [-0.1, -0.05) is 18.2 Å². The molecule has 1 atom stereocenters. The molecule has 27 heavy (non-hydrogen) atoms. The van der Waals surface area contributed by atoms with Crippen LogP contribution in [0.4, 0.5) is 0 Å². The van der Waals surface area contributed by atoms with Crippen molar-refractivity contribution >= 4 is 5.91 Å². The Kier molecular flexibility index (Phi) is 4.98. The fourth-order valence-electron chi connectivity index (χ4n) is 3.60. The number of aromatic amines is 1. The van der Waals surface area contributed by atoms with Crippen LogP contribution in [0, 0.1) is 5.92 Å². The molecule has 1 fully saturated rings. The molecule has 0 unspecified atom stereocenters. The second-order valence-corrected chi connectivity index (χ2v) is 6.88. The molecule has 3 aromatic rings. The van der Waals surface area contributed by atoms with E-state index in [1.54, 1.807) is 12.4 Å². The van der Waals surface area contributed by atoms with Crippen molar-refractivity contribution in [2.45, 2.75) is 18.9 Å². The lowest BCUT2D eigenvalue weighted by Gasteiger charge is -2.34. The van der Waals surface area contributed by atoms with Crippen molar-refractivity contribution in [3.8, 4) is 11.3 Å². The van der Waals surface area contributed by atoms with Crippen LogP contribution >= 0.6 is 0 Å². The van der Waals surface area contributed by atoms with E-state index >= 15 is 0 Å². The predicted octanol–water partition coefficient (Wildman–Crippen LogP) is 3.06. The summed E-state index contributed by atoms with van der Waals surface area (Å²) in [6.45, 7) is 1.30. The van der Waals surface area contributed by atoms with Crippen LogP contribution in [0.5, 0.6) is 0 Å². The van der Waals surface area contributed by atoms with Crippen molar-refractivity contribution in [3.63, 3.8) is 0 Å². The van der Waals surface area contributed by atoms with E-state index in [0.29, 0.717) is 24.3 Å². The van der Waals surface area contributed by atoms with E-state index in [-0.39, 0.29) is 11.8 Å². The van der Waals surface area contributed by atoms with Gasteiger partial charge in [-0.3, -0.25) is 14.9 Å². The van der Waals surface area contributed by atoms with Crippen LogP contribution in [-0.2, 0) is 0 Å². The molecule has 1 aliphatic heterocycles. The molecule has 6 nitrogen and oxygen atoms in total. The summed E-state index contributed by atoms with van der Waals surface area (Å²) in [7, 11) is 0. The maximum absolute atomic E-state index is 12.8. The monoisotopic (exact) mass is 362 g/mol. The van der Waals surface area contributed by atoms with E-state index < -0.39 is 6.10 Å². The maximum Gasteiger partial charge on any atom is 0.253 e. The minimum atomic E-state index is -0.572. The van der Waals surface area contributed by atoms with Gasteiger partial charge in [0.2, 0.25) is 0 Å². The van der Waals surface area contributed by atoms with Crippen molar-refractivity contribution in [1.29, 1.82) is 0 Å². The molecule has 2 aromatic heterocycles. The van der Waals surface area contributed by atoms with Gasteiger partial charge >= 0.3 is 0 Å². The van der Waals surface area contributed by atoms with Crippen molar-refractivity contribution in [2.75, 3.05) is 13.1 Å². The van der Waals surface area contributed by atoms with Crippen LogP contribution in [0.2, 0.25) is 0 Å². The van der Waals surface area contributed by atoms with Gasteiger partial charge < -0.3 is 10.0 Å². The van der Waals surface area contributed by atoms with Crippen molar-refractivity contribution in [1.82, 2.24) is 20.1 Å². The van der Waals surface area contributed by atoms with Gasteiger partial charge in [-0.2, -0.15) is 5.10 Å². The van der Waals surface area contributed by atoms with Crippen molar-refractivity contribution < 1.29 is 9.90 Å². The highest BCUT2D eigenvalue weighted by Gasteiger charge is 2.29. The van der Waals surface area contributed by atoms with E-state index in [9.17, 15) is 9.90 Å². The number of benzene rings is 1. The molecular formula is C21H22N4O2. The highest BCUT2D eigenvalue weighted by atomic mass is 16.3. The molecule has 6 heteroatoms. The van der Waals surface area contributed by atoms with Gasteiger partial charge in [-0.15, -0.1) is 0 Å². The first-order valence-corrected chi connectivity index (χ1v) is 9.20. The highest BCUT2D eigenvalue weighted by Crippen LogP contribution is 2.30. The fourth-order valence-corrected chi connectivity index (χ4v) is 3.60. The number of aromatic nitrogens is 3. The normalized spacial score (nSPS) is 16.3. The zero-order valence-electron chi connectivity index (χ0n) is 15.0. The smallest absolute Gasteiger partial charge is 0.253 e. The summed E-state index contributed by atoms with van der Waals surface area (Å²) in [6, 6.07) is 15.0. The van der Waals surface area contributed by atoms with E-state index in [1.807, 2.05) is 53.4 Å². The molecule has 0 saturated carbocycles. The fraction of sp³-hybridized carbons (Fsp3) is 0.286. The number of carbonyl (C=O) groups excluding carboxylic acids is 1. The summed E-state index contributed by atoms with van der Waals surface area (Å²) in [5, 5.41) is 17.4. The van der Waals surface area contributed by atoms with Crippen LogP contribution in [0.1, 0.15) is 35.0 Å². The molecule has 4 rings (SSSR count). The zero-order valence-corrected chi connectivity index (χ0v) is 15.0. The van der Waals surface area contributed by atoms with Crippen LogP contribution in [0.3, 0.4) is 0 Å². The Morgan fingerprint density at radius 3 is 2.48 bits per heavy atom. The number of rotatable bonds is 4. The molecule has 0 spiro atoms. The SMILES string of the molecule is O=C(c1ccc(-c2ccn[nH]2)cc1)N1CCC([C@@H](O)c2ccccn2)CC1. The largest absolute Gasteiger partial charge is 0.387 e. The summed E-state index contributed by atoms with van der Waals surface area (Å²) in [5.74, 6) is 0.170. The predicted molar refractivity (Wildman–Crippen MR) is 102 cm³/mol. The van der Waals surface area contributed by atoms with E-state index in [2.05, 4.69) is 15.2 Å². The quantitative estimate of drug-likeness (QED) is 0.747. The number of aliphatic hydroxyl groups is 1. The van der Waals surface area contributed by atoms with Gasteiger partial charge in [-0.25, -0.2) is 0 Å². The molecule has 1 amide bonds. The summed E-state index contributed by atoms with van der Waals surface area (Å²) in [4.78, 5) is 18.9. The van der Waals surface area contributed by atoms with Crippen LogP contribution in [0.25, 0.3) is 11.3 Å². The van der Waals surface area contributed by atoms with E-state index in [1.165, 1.54) is 0 Å². The first-order chi connectivity index (χ1) is 13.2. The van der Waals surface area contributed by atoms with Gasteiger partial charge in [0.15, 0.2) is 0 Å². The minimum absolute atomic E-state index is 0.0388. The standard InChI is InChI=1S/C21H22N4O2/c26-20(19-3-1-2-11-22-19)16-9-13-25(14-10-16)21(27)17-6-4-15(5-7-17)18-8-12-23-24-18/h1-8,11-12,16,20,26H,9-10,13-14H2,(H,23,24)/t20-/m1/s1. The molecule has 3 heterocycles. The third kappa shape index (κ3) is 3.75. The van der Waals surface area contributed by atoms with Crippen molar-refractivity contribution in [3.05, 3.63) is 72.2 Å². The third-order valence-electron chi connectivity index (χ3n) is 5.21. The number of nitrogens with one attached hydrogen (secondary N) is 1. The Hall–Kier alpha value is -2.99. The molecule has 2 N–H and O–H groups in total. The third-order valence-corrected chi connectivity index (χ3v) is 5.21. The molecule has 0 bridgehead atoms. The molecule has 1 aromatic carbocycles. The molecular weight excluding hydrogens is 340 g/mol. The van der Waals surface area contributed by atoms with Crippen LogP contribution in [0.15, 0.2) is 60.9 Å². The maximum atomic E-state index is 12.8. The first-order valence-electron chi connectivity index (χ1n) is 9.20. The number of amides is 1. The molecule has 0 aliphatic carbocycles. The number of hydrogen-bond donors (Lipinski definition) is 2. The van der Waals surface area contributed by atoms with E-state index in [0.717, 1.165) is 24.1 Å². The molecule has 138 valence electrons. The summed E-state index contributed by atoms with van der Waals surface area (Å²) < 4.78 is 0. The Labute approximate surface area is 157 Å². The van der Waals surface area contributed by atoms with Crippen LogP contribution < -0.4 is 0 Å². The van der Waals surface area contributed by atoms with Gasteiger partial charge in [0, 0.05) is 31.0 Å². The van der Waals surface area contributed by atoms with Gasteiger partial charge in [0.05, 0.1) is 17.5 Å². The second-order valence-electron chi connectivity index (χ2n) is 6.88. The number of carbonyl (C=O) groups is 1. The average molecular weight is 362 g/mol. The first kappa shape index (κ1) is 17.4. The lowest BCUT2D eigenvalue weighted by atomic mass is 9.89. The lowest BCUT2D eigenvalue weighted by Crippen LogP contribution is -2.39. The van der Waals surface area contributed by atoms with Gasteiger partial charge in [-0.05, 0) is 54.7 Å². The molecule has 1 saturated heterocycles. The Balaban J connectivity index is 1.37. The number of likely N-dealkylation sites (tertiary alicyclic amines) is 1. The van der Waals surface area contributed by atoms with Gasteiger partial charge in [0.1, 0.15) is 0 Å². The average Bonchev–Trinajstić information content (AvgIpc) is 3.28. The van der Waals surface area contributed by atoms with Crippen LogP contribution in [-0.4, -0.2) is 44.2 Å². The van der Waals surface area contributed by atoms with E-state index in [4.69, 9.17) is 0 Å². The lowest BCUT2D eigenvalue weighted by molar-refractivity contribution is 0.0447.